The SMILES string of the molecule is C=C(C)C(=O)Oc1ccc(C(C)(C)c2ccc(OC(=O)C(=C)C)c(OCC)c2OCC)c(OCC)c1OCC.C=CC(=O)OCCOc1ccc(C(C)(C)c2ccc(OCCOC(=O)C=C)cc2)cc1. The number of carbonyl (C=O) groups is 4. The number of hydrogen-bond donors (Lipinski definition) is 0. The Bertz CT molecular complexity index is 2280. The van der Waals surface area contributed by atoms with Crippen molar-refractivity contribution in [3.63, 3.8) is 0 Å². The van der Waals surface area contributed by atoms with Crippen molar-refractivity contribution in [2.24, 2.45) is 0 Å². The number of hydrogen-bond acceptors (Lipinski definition) is 14. The monoisotopic (exact) mass is 964 g/mol. The second-order valence-corrected chi connectivity index (χ2v) is 16.3. The molecule has 14 nitrogen and oxygen atoms in total. The van der Waals surface area contributed by atoms with Gasteiger partial charge in [-0.1, -0.05) is 90.4 Å². The summed E-state index contributed by atoms with van der Waals surface area (Å²) in [6, 6.07) is 22.7. The van der Waals surface area contributed by atoms with E-state index in [0.717, 1.165) is 34.4 Å². The van der Waals surface area contributed by atoms with Crippen molar-refractivity contribution in [2.75, 3.05) is 52.9 Å². The Balaban J connectivity index is 0.000000380. The molecule has 4 rings (SSSR count). The molecule has 0 bridgehead atoms. The summed E-state index contributed by atoms with van der Waals surface area (Å²) in [6.45, 7) is 35.1. The molecule has 4 aromatic carbocycles. The van der Waals surface area contributed by atoms with E-state index in [9.17, 15) is 19.2 Å². The lowest BCUT2D eigenvalue weighted by Crippen LogP contribution is -2.23. The minimum absolute atomic E-state index is 0.170. The number of benzene rings is 4. The van der Waals surface area contributed by atoms with Gasteiger partial charge in [-0.15, -0.1) is 0 Å². The molecule has 0 N–H and O–H groups in total. The zero-order chi connectivity index (χ0) is 52.0. The molecule has 0 saturated heterocycles. The number of esters is 4. The van der Waals surface area contributed by atoms with Crippen molar-refractivity contribution in [1.82, 2.24) is 0 Å². The van der Waals surface area contributed by atoms with Crippen molar-refractivity contribution in [3.8, 4) is 46.0 Å². The fraction of sp³-hybridized carbons (Fsp3) is 0.357. The van der Waals surface area contributed by atoms with Crippen LogP contribution in [0.2, 0.25) is 0 Å². The highest BCUT2D eigenvalue weighted by molar-refractivity contribution is 5.90. The van der Waals surface area contributed by atoms with E-state index < -0.39 is 29.3 Å². The molecular weight excluding hydrogens is 897 g/mol. The molecule has 0 aliphatic heterocycles. The molecule has 4 aromatic rings. The molecule has 0 radical (unpaired) electrons. The van der Waals surface area contributed by atoms with Gasteiger partial charge in [0.25, 0.3) is 0 Å². The van der Waals surface area contributed by atoms with Gasteiger partial charge in [0.05, 0.1) is 26.4 Å². The van der Waals surface area contributed by atoms with E-state index in [0.29, 0.717) is 60.9 Å². The molecule has 70 heavy (non-hydrogen) atoms. The summed E-state index contributed by atoms with van der Waals surface area (Å²) in [5.41, 5.74) is 3.34. The molecule has 0 aliphatic rings. The zero-order valence-corrected chi connectivity index (χ0v) is 42.3. The van der Waals surface area contributed by atoms with Crippen LogP contribution in [0.5, 0.6) is 46.0 Å². The fourth-order valence-corrected chi connectivity index (χ4v) is 6.71. The van der Waals surface area contributed by atoms with E-state index in [1.54, 1.807) is 26.0 Å². The number of ether oxygens (including phenoxy) is 10. The lowest BCUT2D eigenvalue weighted by Gasteiger charge is -2.32. The van der Waals surface area contributed by atoms with Gasteiger partial charge < -0.3 is 47.4 Å². The first-order valence-electron chi connectivity index (χ1n) is 23.0. The molecule has 376 valence electrons. The van der Waals surface area contributed by atoms with Crippen molar-refractivity contribution >= 4 is 23.9 Å². The smallest absolute Gasteiger partial charge is 0.338 e. The van der Waals surface area contributed by atoms with Crippen LogP contribution in [0.15, 0.2) is 122 Å². The molecule has 0 heterocycles. The van der Waals surface area contributed by atoms with Gasteiger partial charge in [-0.05, 0) is 89.1 Å². The van der Waals surface area contributed by atoms with Crippen LogP contribution in [0.1, 0.15) is 91.5 Å². The highest BCUT2D eigenvalue weighted by atomic mass is 16.6. The largest absolute Gasteiger partial charge is 0.490 e. The van der Waals surface area contributed by atoms with Gasteiger partial charge in [0, 0.05) is 45.3 Å². The van der Waals surface area contributed by atoms with E-state index in [1.807, 2.05) is 102 Å². The van der Waals surface area contributed by atoms with Gasteiger partial charge in [0.2, 0.25) is 11.5 Å². The third-order valence-electron chi connectivity index (χ3n) is 10.4. The van der Waals surface area contributed by atoms with Crippen molar-refractivity contribution in [1.29, 1.82) is 0 Å². The van der Waals surface area contributed by atoms with Crippen molar-refractivity contribution in [3.05, 3.63) is 145 Å². The summed E-state index contributed by atoms with van der Waals surface area (Å²) in [6.07, 6.45) is 2.24. The van der Waals surface area contributed by atoms with Gasteiger partial charge in [-0.2, -0.15) is 0 Å². The maximum atomic E-state index is 12.3. The van der Waals surface area contributed by atoms with Crippen LogP contribution in [-0.2, 0) is 39.5 Å². The molecule has 14 heteroatoms. The maximum Gasteiger partial charge on any atom is 0.338 e. The Morgan fingerprint density at radius 1 is 0.457 bits per heavy atom. The van der Waals surface area contributed by atoms with Crippen molar-refractivity contribution < 1.29 is 66.5 Å². The third-order valence-corrected chi connectivity index (χ3v) is 10.4. The van der Waals surface area contributed by atoms with Crippen LogP contribution < -0.4 is 37.9 Å². The topological polar surface area (TPSA) is 161 Å². The molecule has 0 aliphatic carbocycles. The molecule has 0 unspecified atom stereocenters. The first-order chi connectivity index (χ1) is 33.3. The molecule has 0 aromatic heterocycles. The first kappa shape index (κ1) is 56.8. The highest BCUT2D eigenvalue weighted by Crippen LogP contribution is 2.52. The van der Waals surface area contributed by atoms with Gasteiger partial charge in [-0.25, -0.2) is 19.2 Å². The van der Waals surface area contributed by atoms with Crippen LogP contribution >= 0.6 is 0 Å². The van der Waals surface area contributed by atoms with Crippen LogP contribution in [0.3, 0.4) is 0 Å². The molecule has 0 amide bonds. The first-order valence-corrected chi connectivity index (χ1v) is 23.0. The zero-order valence-electron chi connectivity index (χ0n) is 42.3. The van der Waals surface area contributed by atoms with Crippen LogP contribution in [0, 0.1) is 0 Å². The summed E-state index contributed by atoms with van der Waals surface area (Å²) in [7, 11) is 0. The van der Waals surface area contributed by atoms with E-state index in [2.05, 4.69) is 40.2 Å². The van der Waals surface area contributed by atoms with E-state index >= 15 is 0 Å². The Kier molecular flexibility index (Phi) is 22.3. The minimum atomic E-state index is -0.736. The van der Waals surface area contributed by atoms with Crippen molar-refractivity contribution in [2.45, 2.75) is 80.1 Å². The average Bonchev–Trinajstić information content (AvgIpc) is 3.33. The van der Waals surface area contributed by atoms with Crippen LogP contribution in [-0.4, -0.2) is 76.7 Å². The molecule has 0 saturated carbocycles. The van der Waals surface area contributed by atoms with E-state index in [-0.39, 0.29) is 54.5 Å². The number of rotatable bonds is 26. The van der Waals surface area contributed by atoms with Crippen LogP contribution in [0.25, 0.3) is 0 Å². The highest BCUT2D eigenvalue weighted by Gasteiger charge is 2.36. The summed E-state index contributed by atoms with van der Waals surface area (Å²) < 4.78 is 56.2. The van der Waals surface area contributed by atoms with Crippen LogP contribution in [0.4, 0.5) is 0 Å². The third kappa shape index (κ3) is 15.8. The Morgan fingerprint density at radius 3 is 1.09 bits per heavy atom. The maximum absolute atomic E-state index is 12.3. The quantitative estimate of drug-likeness (QED) is 0.0253. The fourth-order valence-electron chi connectivity index (χ4n) is 6.71. The lowest BCUT2D eigenvalue weighted by molar-refractivity contribution is -0.139. The summed E-state index contributed by atoms with van der Waals surface area (Å²) in [5, 5.41) is 0. The van der Waals surface area contributed by atoms with Gasteiger partial charge in [-0.3, -0.25) is 0 Å². The summed E-state index contributed by atoms with van der Waals surface area (Å²) in [5.74, 6) is 1.32. The summed E-state index contributed by atoms with van der Waals surface area (Å²) in [4.78, 5) is 46.7. The van der Waals surface area contributed by atoms with Gasteiger partial charge >= 0.3 is 23.9 Å². The Hall–Kier alpha value is -7.48. The predicted octanol–water partition coefficient (Wildman–Crippen LogP) is 10.8. The van der Waals surface area contributed by atoms with Gasteiger partial charge in [0.15, 0.2) is 23.0 Å². The summed E-state index contributed by atoms with van der Waals surface area (Å²) >= 11 is 0. The minimum Gasteiger partial charge on any atom is -0.490 e. The second-order valence-electron chi connectivity index (χ2n) is 16.3. The van der Waals surface area contributed by atoms with E-state index in [4.69, 9.17) is 47.4 Å². The number of carbonyl (C=O) groups excluding carboxylic acids is 4. The normalized spacial score (nSPS) is 10.8. The molecular formula is C56H68O14. The standard InChI is InChI=1S/C31H40O8.C25H28O6/c1-11-34-25-21(15-17-23(27(25)36-13-3)38-29(32)19(5)6)31(9,10)22-16-18-24(39-30(33)20(7)8)28(37-14-4)26(22)35-12-2;1-5-23(26)30-17-15-28-21-11-7-19(8-12-21)25(3,4)20-9-13-22(14-10-20)29-16-18-31-24(27)6-2/h15-18H,5,7,11-14H2,1-4,6,8-10H3;5-14H,1-2,15-18H2,3-4H3. The Morgan fingerprint density at radius 2 is 0.786 bits per heavy atom. The second kappa shape index (κ2) is 27.5. The molecule has 0 fully saturated rings. The van der Waals surface area contributed by atoms with E-state index in [1.165, 1.54) is 0 Å². The van der Waals surface area contributed by atoms with Gasteiger partial charge in [0.1, 0.15) is 37.9 Å². The molecule has 0 atom stereocenters. The lowest BCUT2D eigenvalue weighted by atomic mass is 9.76. The molecule has 0 spiro atoms. The predicted molar refractivity (Wildman–Crippen MR) is 269 cm³/mol. The average molecular weight is 965 g/mol. The Labute approximate surface area is 412 Å².